The van der Waals surface area contributed by atoms with Crippen molar-refractivity contribution in [1.29, 1.82) is 0 Å². The molecule has 0 bridgehead atoms. The molecule has 5 heteroatoms. The molecule has 0 aliphatic carbocycles. The van der Waals surface area contributed by atoms with Crippen LogP contribution in [0.15, 0.2) is 173 Å². The van der Waals surface area contributed by atoms with Gasteiger partial charge in [-0.3, -0.25) is 4.57 Å². The van der Waals surface area contributed by atoms with Crippen LogP contribution < -0.4 is 0 Å². The first-order valence-corrected chi connectivity index (χ1v) is 17.8. The molecule has 0 spiro atoms. The molecular weight excluding hydrogens is 651 g/mol. The van der Waals surface area contributed by atoms with Crippen molar-refractivity contribution in [3.05, 3.63) is 164 Å². The minimum atomic E-state index is 0.568. The number of nitrogens with zero attached hydrogens (tertiary/aromatic N) is 3. The molecule has 4 heterocycles. The molecule has 0 unspecified atom stereocenters. The third kappa shape index (κ3) is 4.07. The van der Waals surface area contributed by atoms with Crippen molar-refractivity contribution in [2.45, 2.75) is 0 Å². The average molecular weight is 678 g/mol. The van der Waals surface area contributed by atoms with Crippen LogP contribution in [0.4, 0.5) is 0 Å². The van der Waals surface area contributed by atoms with E-state index < -0.39 is 0 Å². The first kappa shape index (κ1) is 28.5. The molecule has 0 saturated carbocycles. The summed E-state index contributed by atoms with van der Waals surface area (Å²) in [4.78, 5) is 10.8. The normalized spacial score (nSPS) is 12.2. The molecule has 0 amide bonds. The van der Waals surface area contributed by atoms with E-state index in [1.807, 2.05) is 18.2 Å². The summed E-state index contributed by atoms with van der Waals surface area (Å²) in [7, 11) is 0. The summed E-state index contributed by atoms with van der Waals surface area (Å²) in [6.45, 7) is 0. The average Bonchev–Trinajstić information content (AvgIpc) is 3.89. The summed E-state index contributed by atoms with van der Waals surface area (Å²) in [5.41, 5.74) is 10.0. The molecule has 4 aromatic heterocycles. The van der Waals surface area contributed by atoms with E-state index in [4.69, 9.17) is 18.8 Å². The van der Waals surface area contributed by atoms with Crippen molar-refractivity contribution in [2.24, 2.45) is 0 Å². The second-order valence-electron chi connectivity index (χ2n) is 13.7. The van der Waals surface area contributed by atoms with Gasteiger partial charge < -0.3 is 8.83 Å². The molecule has 5 nitrogen and oxygen atoms in total. The van der Waals surface area contributed by atoms with Crippen molar-refractivity contribution in [1.82, 2.24) is 14.5 Å². The van der Waals surface area contributed by atoms with Crippen molar-refractivity contribution >= 4 is 87.4 Å². The predicted molar refractivity (Wildman–Crippen MR) is 217 cm³/mol. The van der Waals surface area contributed by atoms with Gasteiger partial charge in [-0.05, 0) is 70.4 Å². The Morgan fingerprint density at radius 3 is 2.00 bits per heavy atom. The van der Waals surface area contributed by atoms with Crippen LogP contribution in [0.3, 0.4) is 0 Å². The topological polar surface area (TPSA) is 57.0 Å². The van der Waals surface area contributed by atoms with E-state index in [2.05, 4.69) is 150 Å². The number of fused-ring (bicyclic) bond motifs is 12. The standard InChI is InChI=1S/C48H27N3O2/c1-2-12-28(13-3-1)31-25-38-37-24-29-14-4-5-15-30(29)27-43(37)53-46(38)39(26-31)44-36-18-6-9-19-40(36)49-48(50-44)51-41-20-10-7-16-32(41)34-22-23-35-33-17-8-11-21-42(33)52-47(35)45(34)51/h1-27H. The van der Waals surface area contributed by atoms with Gasteiger partial charge in [-0.1, -0.05) is 115 Å². The number of para-hydroxylation sites is 3. The quantitative estimate of drug-likeness (QED) is 0.187. The van der Waals surface area contributed by atoms with Crippen LogP contribution in [-0.4, -0.2) is 14.5 Å². The fourth-order valence-electron chi connectivity index (χ4n) is 8.34. The number of aromatic nitrogens is 3. The predicted octanol–water partition coefficient (Wildman–Crippen LogP) is 13.0. The highest BCUT2D eigenvalue weighted by atomic mass is 16.3. The van der Waals surface area contributed by atoms with E-state index in [-0.39, 0.29) is 0 Å². The van der Waals surface area contributed by atoms with Gasteiger partial charge in [0.05, 0.1) is 16.7 Å². The highest BCUT2D eigenvalue weighted by Gasteiger charge is 2.24. The molecule has 0 N–H and O–H groups in total. The lowest BCUT2D eigenvalue weighted by Crippen LogP contribution is -2.03. The zero-order chi connectivity index (χ0) is 34.6. The number of hydrogen-bond donors (Lipinski definition) is 0. The Balaban J connectivity index is 1.22. The van der Waals surface area contributed by atoms with Crippen LogP contribution >= 0.6 is 0 Å². The third-order valence-corrected chi connectivity index (χ3v) is 10.8. The van der Waals surface area contributed by atoms with Gasteiger partial charge in [0.1, 0.15) is 22.3 Å². The Hall–Kier alpha value is -7.24. The second kappa shape index (κ2) is 10.6. The van der Waals surface area contributed by atoms with Crippen LogP contribution in [0.2, 0.25) is 0 Å². The zero-order valence-corrected chi connectivity index (χ0v) is 28.2. The van der Waals surface area contributed by atoms with Gasteiger partial charge in [-0.25, -0.2) is 9.97 Å². The van der Waals surface area contributed by atoms with Crippen molar-refractivity contribution in [3.63, 3.8) is 0 Å². The van der Waals surface area contributed by atoms with E-state index in [9.17, 15) is 0 Å². The first-order chi connectivity index (χ1) is 26.3. The molecule has 0 radical (unpaired) electrons. The maximum atomic E-state index is 6.87. The fourth-order valence-corrected chi connectivity index (χ4v) is 8.34. The molecule has 0 saturated heterocycles. The van der Waals surface area contributed by atoms with Crippen molar-refractivity contribution < 1.29 is 8.83 Å². The van der Waals surface area contributed by atoms with E-state index in [0.717, 1.165) is 104 Å². The largest absolute Gasteiger partial charge is 0.455 e. The summed E-state index contributed by atoms with van der Waals surface area (Å²) < 4.78 is 15.7. The van der Waals surface area contributed by atoms with Crippen LogP contribution in [-0.2, 0) is 0 Å². The van der Waals surface area contributed by atoms with Crippen molar-refractivity contribution in [2.75, 3.05) is 0 Å². The SMILES string of the molecule is c1ccc(-c2cc(-c3nc(-n4c5ccccc5c5ccc6c7ccccc7oc6c54)nc4ccccc34)c3oc4cc5ccccc5cc4c3c2)cc1. The van der Waals surface area contributed by atoms with Gasteiger partial charge in [0.25, 0.3) is 0 Å². The molecule has 0 aliphatic heterocycles. The van der Waals surface area contributed by atoms with Crippen LogP contribution in [0.25, 0.3) is 116 Å². The molecule has 0 aliphatic rings. The van der Waals surface area contributed by atoms with E-state index >= 15 is 0 Å². The monoisotopic (exact) mass is 677 g/mol. The summed E-state index contributed by atoms with van der Waals surface area (Å²) in [6, 6.07) is 57.1. The Morgan fingerprint density at radius 1 is 0.415 bits per heavy atom. The highest BCUT2D eigenvalue weighted by Crippen LogP contribution is 2.44. The molecule has 0 atom stereocenters. The van der Waals surface area contributed by atoms with Crippen molar-refractivity contribution in [3.8, 4) is 28.3 Å². The van der Waals surface area contributed by atoms with Gasteiger partial charge in [0, 0.05) is 43.3 Å². The lowest BCUT2D eigenvalue weighted by Gasteiger charge is -2.13. The second-order valence-corrected chi connectivity index (χ2v) is 13.7. The lowest BCUT2D eigenvalue weighted by molar-refractivity contribution is 0.670. The van der Waals surface area contributed by atoms with Gasteiger partial charge in [-0.15, -0.1) is 0 Å². The summed E-state index contributed by atoms with van der Waals surface area (Å²) >= 11 is 0. The molecule has 0 fully saturated rings. The molecule has 246 valence electrons. The van der Waals surface area contributed by atoms with Gasteiger partial charge >= 0.3 is 0 Å². The van der Waals surface area contributed by atoms with E-state index in [1.54, 1.807) is 0 Å². The van der Waals surface area contributed by atoms with Gasteiger partial charge in [0.15, 0.2) is 5.58 Å². The van der Waals surface area contributed by atoms with Crippen LogP contribution in [0.5, 0.6) is 0 Å². The summed E-state index contributed by atoms with van der Waals surface area (Å²) in [5, 5.41) is 9.73. The number of furan rings is 2. The van der Waals surface area contributed by atoms with Crippen LogP contribution in [0, 0.1) is 0 Å². The van der Waals surface area contributed by atoms with E-state index in [1.165, 1.54) is 5.39 Å². The molecule has 12 rings (SSSR count). The van der Waals surface area contributed by atoms with E-state index in [0.29, 0.717) is 5.95 Å². The Kier molecular flexibility index (Phi) is 5.71. The highest BCUT2D eigenvalue weighted by molar-refractivity contribution is 6.21. The minimum Gasteiger partial charge on any atom is -0.455 e. The molecule has 53 heavy (non-hydrogen) atoms. The molecule has 12 aromatic rings. The minimum absolute atomic E-state index is 0.568. The maximum Gasteiger partial charge on any atom is 0.235 e. The lowest BCUT2D eigenvalue weighted by atomic mass is 9.96. The Bertz CT molecular complexity index is 3460. The fraction of sp³-hybridized carbons (Fsp3) is 0. The first-order valence-electron chi connectivity index (χ1n) is 17.8. The molecular formula is C48H27N3O2. The number of benzene rings is 8. The Morgan fingerprint density at radius 2 is 1.11 bits per heavy atom. The number of hydrogen-bond acceptors (Lipinski definition) is 4. The smallest absolute Gasteiger partial charge is 0.235 e. The van der Waals surface area contributed by atoms with Gasteiger partial charge in [0.2, 0.25) is 5.95 Å². The van der Waals surface area contributed by atoms with Gasteiger partial charge in [-0.2, -0.15) is 0 Å². The maximum absolute atomic E-state index is 6.87. The zero-order valence-electron chi connectivity index (χ0n) is 28.2. The van der Waals surface area contributed by atoms with Crippen LogP contribution in [0.1, 0.15) is 0 Å². The summed E-state index contributed by atoms with van der Waals surface area (Å²) in [5.74, 6) is 0.568. The summed E-state index contributed by atoms with van der Waals surface area (Å²) in [6.07, 6.45) is 0. The third-order valence-electron chi connectivity index (χ3n) is 10.8. The molecule has 8 aromatic carbocycles. The number of rotatable bonds is 3. The Labute approximate surface area is 302 Å².